The summed E-state index contributed by atoms with van der Waals surface area (Å²) in [6, 6.07) is 19.0. The molecule has 0 spiro atoms. The average Bonchev–Trinajstić information content (AvgIpc) is 2.77. The van der Waals surface area contributed by atoms with Crippen LogP contribution >= 0.6 is 0 Å². The summed E-state index contributed by atoms with van der Waals surface area (Å²) in [4.78, 5) is 14.8. The van der Waals surface area contributed by atoms with Crippen molar-refractivity contribution in [2.75, 3.05) is 34.4 Å². The van der Waals surface area contributed by atoms with Crippen molar-refractivity contribution < 1.29 is 14.3 Å². The molecular weight excluding hydrogens is 395 g/mol. The van der Waals surface area contributed by atoms with E-state index in [4.69, 9.17) is 5.73 Å². The Bertz CT molecular complexity index is 1050. The second kappa shape index (κ2) is 9.06. The maximum absolute atomic E-state index is 13.9. The van der Waals surface area contributed by atoms with Crippen LogP contribution in [0.1, 0.15) is 23.2 Å². The Balaban J connectivity index is 1.36. The Hall–Kier alpha value is -3.58. The van der Waals surface area contributed by atoms with E-state index >= 15 is 0 Å². The fourth-order valence-corrected chi connectivity index (χ4v) is 3.58. The molecule has 0 radical (unpaired) electrons. The molecular formula is C24H25FN4O2. The van der Waals surface area contributed by atoms with Crippen molar-refractivity contribution in [3.05, 3.63) is 78.1 Å². The second-order valence-corrected chi connectivity index (χ2v) is 7.66. The number of halogens is 1. The van der Waals surface area contributed by atoms with Gasteiger partial charge in [0.2, 0.25) is 0 Å². The highest BCUT2D eigenvalue weighted by Crippen LogP contribution is 2.24. The molecule has 1 aliphatic rings. The van der Waals surface area contributed by atoms with Gasteiger partial charge in [-0.2, -0.15) is 0 Å². The van der Waals surface area contributed by atoms with E-state index in [-0.39, 0.29) is 12.0 Å². The lowest BCUT2D eigenvalue weighted by Gasteiger charge is -2.31. The minimum Gasteiger partial charge on any atom is -0.399 e. The minimum absolute atomic E-state index is 0.203. The van der Waals surface area contributed by atoms with Crippen LogP contribution in [-0.2, 0) is 0 Å². The van der Waals surface area contributed by atoms with Crippen LogP contribution in [0.5, 0.6) is 0 Å². The fourth-order valence-electron chi connectivity index (χ4n) is 3.58. The van der Waals surface area contributed by atoms with Gasteiger partial charge in [-0.1, -0.05) is 0 Å². The van der Waals surface area contributed by atoms with Crippen molar-refractivity contribution in [2.24, 2.45) is 0 Å². The fraction of sp³-hybridized carbons (Fsp3) is 0.208. The number of benzene rings is 3. The first-order valence-electron chi connectivity index (χ1n) is 10.2. The van der Waals surface area contributed by atoms with E-state index in [2.05, 4.69) is 15.5 Å². The number of aliphatic hydroxyl groups is 1. The number of nitrogens with two attached hydrogens (primary N) is 1. The number of piperidine rings is 1. The number of carbonyl (C=O) groups is 1. The number of nitrogens with one attached hydrogen (secondary N) is 2. The lowest BCUT2D eigenvalue weighted by molar-refractivity contribution is 0.102. The molecule has 4 rings (SSSR count). The van der Waals surface area contributed by atoms with E-state index in [1.807, 2.05) is 12.1 Å². The van der Waals surface area contributed by atoms with Crippen molar-refractivity contribution in [3.8, 4) is 0 Å². The maximum atomic E-state index is 13.9. The standard InChI is InChI=1S/C24H25FN4O2/c25-22-15-17(26)3-10-23(22)27-18-4-6-19(7-5-18)28-24(31)16-1-8-20(9-2-16)29-13-11-21(30)12-14-29/h1-10,15,21,27,30H,11-14,26H2,(H,28,31). The molecule has 0 aromatic heterocycles. The molecule has 1 saturated heterocycles. The van der Waals surface area contributed by atoms with Gasteiger partial charge in [-0.25, -0.2) is 4.39 Å². The Kier molecular flexibility index (Phi) is 6.04. The SMILES string of the molecule is Nc1ccc(Nc2ccc(NC(=O)c3ccc(N4CCC(O)CC4)cc3)cc2)c(F)c1. The van der Waals surface area contributed by atoms with E-state index in [0.29, 0.717) is 28.3 Å². The molecule has 1 fully saturated rings. The molecule has 6 nitrogen and oxygen atoms in total. The molecule has 1 aliphatic heterocycles. The highest BCUT2D eigenvalue weighted by atomic mass is 19.1. The number of aliphatic hydroxyl groups excluding tert-OH is 1. The van der Waals surface area contributed by atoms with Gasteiger partial charge in [-0.05, 0) is 79.6 Å². The van der Waals surface area contributed by atoms with Crippen LogP contribution < -0.4 is 21.3 Å². The predicted octanol–water partition coefficient (Wildman–Crippen LogP) is 4.36. The number of hydrogen-bond donors (Lipinski definition) is 4. The van der Waals surface area contributed by atoms with E-state index in [0.717, 1.165) is 31.6 Å². The molecule has 5 N–H and O–H groups in total. The van der Waals surface area contributed by atoms with E-state index < -0.39 is 5.82 Å². The zero-order valence-corrected chi connectivity index (χ0v) is 17.0. The number of anilines is 5. The van der Waals surface area contributed by atoms with Gasteiger partial charge in [0.05, 0.1) is 11.8 Å². The molecule has 7 heteroatoms. The monoisotopic (exact) mass is 420 g/mol. The van der Waals surface area contributed by atoms with E-state index in [9.17, 15) is 14.3 Å². The Labute approximate surface area is 180 Å². The number of nitrogen functional groups attached to an aromatic ring is 1. The molecule has 31 heavy (non-hydrogen) atoms. The van der Waals surface area contributed by atoms with Gasteiger partial charge in [0.15, 0.2) is 0 Å². The zero-order valence-electron chi connectivity index (χ0n) is 17.0. The smallest absolute Gasteiger partial charge is 0.255 e. The molecule has 0 bridgehead atoms. The normalized spacial score (nSPS) is 14.3. The Morgan fingerprint density at radius 3 is 2.26 bits per heavy atom. The Morgan fingerprint density at radius 1 is 0.968 bits per heavy atom. The highest BCUT2D eigenvalue weighted by Gasteiger charge is 2.17. The summed E-state index contributed by atoms with van der Waals surface area (Å²) in [7, 11) is 0. The molecule has 1 amide bonds. The average molecular weight is 420 g/mol. The summed E-state index contributed by atoms with van der Waals surface area (Å²) >= 11 is 0. The molecule has 3 aromatic rings. The Morgan fingerprint density at radius 2 is 1.61 bits per heavy atom. The molecule has 160 valence electrons. The topological polar surface area (TPSA) is 90.6 Å². The van der Waals surface area contributed by atoms with E-state index in [1.54, 1.807) is 48.5 Å². The lowest BCUT2D eigenvalue weighted by atomic mass is 10.1. The van der Waals surface area contributed by atoms with Crippen LogP contribution in [0.25, 0.3) is 0 Å². The van der Waals surface area contributed by atoms with Crippen molar-refractivity contribution in [3.63, 3.8) is 0 Å². The molecule has 0 atom stereocenters. The van der Waals surface area contributed by atoms with Gasteiger partial charge < -0.3 is 26.4 Å². The number of hydrogen-bond acceptors (Lipinski definition) is 5. The molecule has 1 heterocycles. The van der Waals surface area contributed by atoms with E-state index in [1.165, 1.54) is 6.07 Å². The number of rotatable bonds is 5. The minimum atomic E-state index is -0.429. The lowest BCUT2D eigenvalue weighted by Crippen LogP contribution is -2.35. The van der Waals surface area contributed by atoms with Crippen LogP contribution in [0.2, 0.25) is 0 Å². The van der Waals surface area contributed by atoms with Gasteiger partial charge in [0.1, 0.15) is 5.82 Å². The number of amides is 1. The first kappa shape index (κ1) is 20.7. The summed E-state index contributed by atoms with van der Waals surface area (Å²) < 4.78 is 13.9. The second-order valence-electron chi connectivity index (χ2n) is 7.66. The van der Waals surface area contributed by atoms with Gasteiger partial charge in [-0.15, -0.1) is 0 Å². The van der Waals surface area contributed by atoms with Crippen LogP contribution in [0.3, 0.4) is 0 Å². The van der Waals surface area contributed by atoms with Crippen LogP contribution in [0.4, 0.5) is 32.8 Å². The summed E-state index contributed by atoms with van der Waals surface area (Å²) in [6.07, 6.45) is 1.31. The van der Waals surface area contributed by atoms with Crippen molar-refractivity contribution in [1.29, 1.82) is 0 Å². The van der Waals surface area contributed by atoms with Crippen molar-refractivity contribution >= 4 is 34.3 Å². The van der Waals surface area contributed by atoms with Crippen molar-refractivity contribution in [1.82, 2.24) is 0 Å². The predicted molar refractivity (Wildman–Crippen MR) is 122 cm³/mol. The molecule has 0 saturated carbocycles. The largest absolute Gasteiger partial charge is 0.399 e. The van der Waals surface area contributed by atoms with Crippen molar-refractivity contribution in [2.45, 2.75) is 18.9 Å². The first-order chi connectivity index (χ1) is 15.0. The molecule has 0 aliphatic carbocycles. The van der Waals surface area contributed by atoms with Gasteiger partial charge in [-0.3, -0.25) is 4.79 Å². The maximum Gasteiger partial charge on any atom is 0.255 e. The van der Waals surface area contributed by atoms with Crippen LogP contribution in [-0.4, -0.2) is 30.2 Å². The summed E-state index contributed by atoms with van der Waals surface area (Å²) in [5.74, 6) is -0.632. The quantitative estimate of drug-likeness (QED) is 0.461. The first-order valence-corrected chi connectivity index (χ1v) is 10.2. The number of nitrogens with zero attached hydrogens (tertiary/aromatic N) is 1. The van der Waals surface area contributed by atoms with Gasteiger partial charge in [0, 0.05) is 41.4 Å². The number of carbonyl (C=O) groups excluding carboxylic acids is 1. The van der Waals surface area contributed by atoms with Crippen LogP contribution in [0.15, 0.2) is 66.7 Å². The third-order valence-corrected chi connectivity index (χ3v) is 5.37. The van der Waals surface area contributed by atoms with Crippen LogP contribution in [0, 0.1) is 5.82 Å². The van der Waals surface area contributed by atoms with Gasteiger partial charge in [0.25, 0.3) is 5.91 Å². The van der Waals surface area contributed by atoms with Gasteiger partial charge >= 0.3 is 0 Å². The summed E-state index contributed by atoms with van der Waals surface area (Å²) in [5.41, 5.74) is 9.20. The molecule has 3 aromatic carbocycles. The zero-order chi connectivity index (χ0) is 21.8. The third kappa shape index (κ3) is 5.13. The highest BCUT2D eigenvalue weighted by molar-refractivity contribution is 6.04. The third-order valence-electron chi connectivity index (χ3n) is 5.37. The summed E-state index contributed by atoms with van der Waals surface area (Å²) in [6.45, 7) is 1.63. The summed E-state index contributed by atoms with van der Waals surface area (Å²) in [5, 5.41) is 15.5. The molecule has 0 unspecified atom stereocenters.